The Bertz CT molecular complexity index is 401. The van der Waals surface area contributed by atoms with E-state index < -0.39 is 12.0 Å². The number of amides is 1. The molecular formula is C12H16N2O3. The van der Waals surface area contributed by atoms with Gasteiger partial charge in [0.15, 0.2) is 0 Å². The van der Waals surface area contributed by atoms with Crippen molar-refractivity contribution in [1.82, 2.24) is 5.32 Å². The quantitative estimate of drug-likeness (QED) is 0.684. The first-order valence-electron chi connectivity index (χ1n) is 5.29. The van der Waals surface area contributed by atoms with E-state index in [0.717, 1.165) is 11.1 Å². The van der Waals surface area contributed by atoms with Gasteiger partial charge in [0.05, 0.1) is 0 Å². The van der Waals surface area contributed by atoms with Crippen molar-refractivity contribution >= 4 is 11.9 Å². The molecule has 0 aromatic heterocycles. The number of nitrogens with two attached hydrogens (primary N) is 1. The van der Waals surface area contributed by atoms with Gasteiger partial charge in [0.1, 0.15) is 6.04 Å². The number of carboxylic acids is 1. The normalized spacial score (nSPS) is 11.9. The Morgan fingerprint density at radius 2 is 1.82 bits per heavy atom. The van der Waals surface area contributed by atoms with E-state index in [1.807, 2.05) is 24.3 Å². The largest absolute Gasteiger partial charge is 0.480 e. The minimum Gasteiger partial charge on any atom is -0.480 e. The highest BCUT2D eigenvalue weighted by Gasteiger charge is 2.11. The van der Waals surface area contributed by atoms with Crippen LogP contribution >= 0.6 is 0 Å². The lowest BCUT2D eigenvalue weighted by Crippen LogP contribution is -2.32. The standard InChI is InChI=1S/C12H16N2O3/c1-8(15)14-7-10-4-2-9(3-5-10)6-11(13)12(16)17/h2-5,11H,6-7,13H2,1H3,(H,14,15)(H,16,17). The number of aliphatic carboxylic acids is 1. The van der Waals surface area contributed by atoms with Crippen LogP contribution in [0.3, 0.4) is 0 Å². The zero-order chi connectivity index (χ0) is 12.8. The van der Waals surface area contributed by atoms with Crippen LogP contribution in [0.1, 0.15) is 18.1 Å². The first-order chi connectivity index (χ1) is 7.99. The molecule has 1 amide bonds. The van der Waals surface area contributed by atoms with Gasteiger partial charge in [-0.2, -0.15) is 0 Å². The lowest BCUT2D eigenvalue weighted by atomic mass is 10.0. The van der Waals surface area contributed by atoms with Crippen molar-refractivity contribution in [3.8, 4) is 0 Å². The van der Waals surface area contributed by atoms with Crippen molar-refractivity contribution in [2.75, 3.05) is 0 Å². The van der Waals surface area contributed by atoms with E-state index in [-0.39, 0.29) is 5.91 Å². The van der Waals surface area contributed by atoms with Crippen molar-refractivity contribution in [1.29, 1.82) is 0 Å². The molecule has 1 aromatic rings. The Hall–Kier alpha value is -1.88. The molecule has 0 saturated carbocycles. The Balaban J connectivity index is 2.55. The summed E-state index contributed by atoms with van der Waals surface area (Å²) in [5, 5.41) is 11.4. The van der Waals surface area contributed by atoms with Crippen LogP contribution in [0.25, 0.3) is 0 Å². The first-order valence-corrected chi connectivity index (χ1v) is 5.29. The molecule has 5 heteroatoms. The summed E-state index contributed by atoms with van der Waals surface area (Å²) >= 11 is 0. The Labute approximate surface area is 99.6 Å². The van der Waals surface area contributed by atoms with Crippen molar-refractivity contribution < 1.29 is 14.7 Å². The van der Waals surface area contributed by atoms with Crippen LogP contribution in [0.5, 0.6) is 0 Å². The average molecular weight is 236 g/mol. The van der Waals surface area contributed by atoms with Crippen molar-refractivity contribution in [2.45, 2.75) is 25.9 Å². The molecule has 0 spiro atoms. The van der Waals surface area contributed by atoms with Gasteiger partial charge in [0.2, 0.25) is 5.91 Å². The van der Waals surface area contributed by atoms with Gasteiger partial charge in [-0.3, -0.25) is 9.59 Å². The highest BCUT2D eigenvalue weighted by atomic mass is 16.4. The number of carbonyl (C=O) groups excluding carboxylic acids is 1. The molecule has 0 heterocycles. The fraction of sp³-hybridized carbons (Fsp3) is 0.333. The molecule has 0 fully saturated rings. The number of benzene rings is 1. The maximum Gasteiger partial charge on any atom is 0.320 e. The van der Waals surface area contributed by atoms with Gasteiger partial charge in [-0.1, -0.05) is 24.3 Å². The van der Waals surface area contributed by atoms with Crippen molar-refractivity contribution in [2.24, 2.45) is 5.73 Å². The predicted molar refractivity (Wildman–Crippen MR) is 63.3 cm³/mol. The molecular weight excluding hydrogens is 220 g/mol. The van der Waals surface area contributed by atoms with E-state index in [1.165, 1.54) is 6.92 Å². The number of nitrogens with one attached hydrogen (secondary N) is 1. The van der Waals surface area contributed by atoms with E-state index >= 15 is 0 Å². The molecule has 1 aromatic carbocycles. The second-order valence-corrected chi connectivity index (χ2v) is 3.88. The van der Waals surface area contributed by atoms with Gasteiger partial charge in [0, 0.05) is 13.5 Å². The Kier molecular flexibility index (Phi) is 4.66. The van der Waals surface area contributed by atoms with Gasteiger partial charge in [-0.15, -0.1) is 0 Å². The molecule has 0 radical (unpaired) electrons. The fourth-order valence-corrected chi connectivity index (χ4v) is 1.36. The van der Waals surface area contributed by atoms with Gasteiger partial charge in [-0.25, -0.2) is 0 Å². The topological polar surface area (TPSA) is 92.4 Å². The van der Waals surface area contributed by atoms with Crippen molar-refractivity contribution in [3.63, 3.8) is 0 Å². The summed E-state index contributed by atoms with van der Waals surface area (Å²) in [6, 6.07) is 6.45. The molecule has 4 N–H and O–H groups in total. The van der Waals surface area contributed by atoms with Crippen LogP contribution in [-0.2, 0) is 22.6 Å². The van der Waals surface area contributed by atoms with E-state index in [9.17, 15) is 9.59 Å². The minimum absolute atomic E-state index is 0.0815. The highest BCUT2D eigenvalue weighted by molar-refractivity contribution is 5.73. The molecule has 5 nitrogen and oxygen atoms in total. The number of carboxylic acid groups (broad SMARTS) is 1. The zero-order valence-electron chi connectivity index (χ0n) is 9.64. The van der Waals surface area contributed by atoms with E-state index in [1.54, 1.807) is 0 Å². The first kappa shape index (κ1) is 13.2. The molecule has 1 rings (SSSR count). The molecule has 0 aliphatic heterocycles. The maximum atomic E-state index is 10.7. The fourth-order valence-electron chi connectivity index (χ4n) is 1.36. The second kappa shape index (κ2) is 6.00. The van der Waals surface area contributed by atoms with E-state index in [0.29, 0.717) is 13.0 Å². The average Bonchev–Trinajstić information content (AvgIpc) is 2.28. The lowest BCUT2D eigenvalue weighted by molar-refractivity contribution is -0.138. The van der Waals surface area contributed by atoms with Gasteiger partial charge >= 0.3 is 5.97 Å². The van der Waals surface area contributed by atoms with Gasteiger partial charge < -0.3 is 16.2 Å². The SMILES string of the molecule is CC(=O)NCc1ccc(CC(N)C(=O)O)cc1. The molecule has 92 valence electrons. The third kappa shape index (κ3) is 4.65. The van der Waals surface area contributed by atoms with Crippen LogP contribution < -0.4 is 11.1 Å². The van der Waals surface area contributed by atoms with Crippen molar-refractivity contribution in [3.05, 3.63) is 35.4 Å². The van der Waals surface area contributed by atoms with Crippen LogP contribution in [0.15, 0.2) is 24.3 Å². The van der Waals surface area contributed by atoms with Crippen LogP contribution in [0.4, 0.5) is 0 Å². The third-order valence-electron chi connectivity index (χ3n) is 2.34. The highest BCUT2D eigenvalue weighted by Crippen LogP contribution is 2.06. The summed E-state index contributed by atoms with van der Waals surface area (Å²) < 4.78 is 0. The smallest absolute Gasteiger partial charge is 0.320 e. The Morgan fingerprint density at radius 3 is 2.29 bits per heavy atom. The zero-order valence-corrected chi connectivity index (χ0v) is 9.64. The maximum absolute atomic E-state index is 10.7. The summed E-state index contributed by atoms with van der Waals surface area (Å²) in [7, 11) is 0. The minimum atomic E-state index is -1.01. The van der Waals surface area contributed by atoms with Gasteiger partial charge in [0.25, 0.3) is 0 Å². The lowest BCUT2D eigenvalue weighted by Gasteiger charge is -2.07. The number of rotatable bonds is 5. The number of hydrogen-bond acceptors (Lipinski definition) is 3. The van der Waals surface area contributed by atoms with Gasteiger partial charge in [-0.05, 0) is 17.5 Å². The summed E-state index contributed by atoms with van der Waals surface area (Å²) in [5.41, 5.74) is 7.26. The molecule has 1 unspecified atom stereocenters. The van der Waals surface area contributed by atoms with E-state index in [4.69, 9.17) is 10.8 Å². The molecule has 0 saturated heterocycles. The molecule has 0 aliphatic rings. The summed E-state index contributed by atoms with van der Waals surface area (Å²) in [6.07, 6.45) is 0.301. The molecule has 1 atom stereocenters. The molecule has 0 aliphatic carbocycles. The Morgan fingerprint density at radius 1 is 1.29 bits per heavy atom. The van der Waals surface area contributed by atoms with Crippen LogP contribution in [0.2, 0.25) is 0 Å². The monoisotopic (exact) mass is 236 g/mol. The summed E-state index contributed by atoms with van der Waals surface area (Å²) in [6.45, 7) is 1.93. The number of hydrogen-bond donors (Lipinski definition) is 3. The van der Waals surface area contributed by atoms with Crippen LogP contribution in [-0.4, -0.2) is 23.0 Å². The van der Waals surface area contributed by atoms with Crippen LogP contribution in [0, 0.1) is 0 Å². The predicted octanol–water partition coefficient (Wildman–Crippen LogP) is 0.277. The molecule has 17 heavy (non-hydrogen) atoms. The van der Waals surface area contributed by atoms with E-state index in [2.05, 4.69) is 5.32 Å². The second-order valence-electron chi connectivity index (χ2n) is 3.88. The third-order valence-corrected chi connectivity index (χ3v) is 2.34. The summed E-state index contributed by atoms with van der Waals surface area (Å²) in [5.74, 6) is -1.09. The number of carbonyl (C=O) groups is 2. The summed E-state index contributed by atoms with van der Waals surface area (Å²) in [4.78, 5) is 21.3. The molecule has 0 bridgehead atoms.